The van der Waals surface area contributed by atoms with Gasteiger partial charge in [0.2, 0.25) is 5.91 Å². The maximum atomic E-state index is 13.6. The lowest BCUT2D eigenvalue weighted by molar-refractivity contribution is -0.115. The van der Waals surface area contributed by atoms with Crippen molar-refractivity contribution in [3.05, 3.63) is 58.9 Å². The molecule has 2 aromatic rings. The highest BCUT2D eigenvalue weighted by atomic mass is 35.5. The number of halogens is 2. The van der Waals surface area contributed by atoms with Gasteiger partial charge in [-0.3, -0.25) is 9.59 Å². The van der Waals surface area contributed by atoms with Crippen LogP contribution in [0.4, 0.5) is 10.1 Å². The van der Waals surface area contributed by atoms with Gasteiger partial charge in [0, 0.05) is 5.69 Å². The Morgan fingerprint density at radius 3 is 2.48 bits per heavy atom. The van der Waals surface area contributed by atoms with Crippen molar-refractivity contribution in [1.29, 1.82) is 0 Å². The van der Waals surface area contributed by atoms with Crippen molar-refractivity contribution in [2.24, 2.45) is 0 Å². The summed E-state index contributed by atoms with van der Waals surface area (Å²) in [6, 6.07) is 10.6. The first-order chi connectivity index (χ1) is 11.0. The topological polar surface area (TPSA) is 67.4 Å². The van der Waals surface area contributed by atoms with Crippen LogP contribution in [-0.2, 0) is 4.79 Å². The van der Waals surface area contributed by atoms with E-state index >= 15 is 0 Å². The van der Waals surface area contributed by atoms with Gasteiger partial charge < -0.3 is 15.4 Å². The van der Waals surface area contributed by atoms with E-state index < -0.39 is 17.6 Å². The molecule has 2 rings (SSSR count). The second-order valence-corrected chi connectivity index (χ2v) is 4.96. The number of rotatable bonds is 5. The van der Waals surface area contributed by atoms with Crippen molar-refractivity contribution >= 4 is 29.1 Å². The number of amides is 2. The maximum Gasteiger partial charge on any atom is 0.256 e. The fourth-order valence-electron chi connectivity index (χ4n) is 1.84. The Balaban J connectivity index is 1.92. The van der Waals surface area contributed by atoms with Crippen LogP contribution in [0.25, 0.3) is 0 Å². The molecule has 0 aromatic heterocycles. The van der Waals surface area contributed by atoms with E-state index in [1.165, 1.54) is 19.2 Å². The van der Waals surface area contributed by atoms with Gasteiger partial charge in [0.15, 0.2) is 0 Å². The molecule has 0 radical (unpaired) electrons. The summed E-state index contributed by atoms with van der Waals surface area (Å²) < 4.78 is 18.6. The van der Waals surface area contributed by atoms with E-state index in [0.29, 0.717) is 11.4 Å². The molecule has 0 heterocycles. The highest BCUT2D eigenvalue weighted by molar-refractivity contribution is 6.33. The Morgan fingerprint density at radius 2 is 1.87 bits per heavy atom. The van der Waals surface area contributed by atoms with Crippen molar-refractivity contribution in [2.45, 2.75) is 0 Å². The molecule has 0 saturated heterocycles. The van der Waals surface area contributed by atoms with Gasteiger partial charge in [0.25, 0.3) is 5.91 Å². The van der Waals surface area contributed by atoms with Gasteiger partial charge in [0.05, 0.1) is 24.2 Å². The van der Waals surface area contributed by atoms with E-state index in [-0.39, 0.29) is 17.1 Å². The molecule has 2 aromatic carbocycles. The number of ether oxygens (including phenoxy) is 1. The molecule has 0 aliphatic carbocycles. The first-order valence-electron chi connectivity index (χ1n) is 6.67. The summed E-state index contributed by atoms with van der Waals surface area (Å²) in [5.41, 5.74) is 0.264. The molecular formula is C16H14ClFN2O3. The van der Waals surface area contributed by atoms with E-state index in [9.17, 15) is 14.0 Å². The van der Waals surface area contributed by atoms with Gasteiger partial charge in [-0.15, -0.1) is 0 Å². The van der Waals surface area contributed by atoms with Gasteiger partial charge in [-0.05, 0) is 36.4 Å². The van der Waals surface area contributed by atoms with Crippen molar-refractivity contribution in [1.82, 2.24) is 5.32 Å². The number of anilines is 1. The third-order valence-corrected chi connectivity index (χ3v) is 3.29. The molecule has 0 unspecified atom stereocenters. The Labute approximate surface area is 137 Å². The second-order valence-electron chi connectivity index (χ2n) is 4.56. The lowest BCUT2D eigenvalue weighted by Crippen LogP contribution is -2.33. The fourth-order valence-corrected chi connectivity index (χ4v) is 2.09. The average molecular weight is 337 g/mol. The molecule has 0 saturated carbocycles. The third kappa shape index (κ3) is 4.43. The molecule has 0 aliphatic heterocycles. The molecule has 0 atom stereocenters. The SMILES string of the molecule is COc1ccc(NC(=O)CNC(=O)c2c(F)cccc2Cl)cc1. The predicted octanol–water partition coefficient (Wildman–Crippen LogP) is 2.86. The van der Waals surface area contributed by atoms with Crippen molar-refractivity contribution < 1.29 is 18.7 Å². The lowest BCUT2D eigenvalue weighted by atomic mass is 10.2. The molecule has 0 aliphatic rings. The molecule has 23 heavy (non-hydrogen) atoms. The molecule has 2 N–H and O–H groups in total. The minimum absolute atomic E-state index is 0.0157. The van der Waals surface area contributed by atoms with Gasteiger partial charge in [0.1, 0.15) is 11.6 Å². The van der Waals surface area contributed by atoms with Crippen LogP contribution in [0.3, 0.4) is 0 Å². The average Bonchev–Trinajstić information content (AvgIpc) is 2.53. The van der Waals surface area contributed by atoms with Crippen LogP contribution in [0.15, 0.2) is 42.5 Å². The van der Waals surface area contributed by atoms with Crippen LogP contribution in [0, 0.1) is 5.82 Å². The minimum atomic E-state index is -0.752. The summed E-state index contributed by atoms with van der Waals surface area (Å²) >= 11 is 5.78. The van der Waals surface area contributed by atoms with E-state index in [0.717, 1.165) is 6.07 Å². The van der Waals surface area contributed by atoms with E-state index in [1.54, 1.807) is 24.3 Å². The summed E-state index contributed by atoms with van der Waals surface area (Å²) in [5, 5.41) is 4.90. The largest absolute Gasteiger partial charge is 0.497 e. The number of hydrogen-bond donors (Lipinski definition) is 2. The number of carbonyl (C=O) groups excluding carboxylic acids is 2. The summed E-state index contributed by atoms with van der Waals surface area (Å²) in [6.45, 7) is -0.310. The Morgan fingerprint density at radius 1 is 1.17 bits per heavy atom. The van der Waals surface area contributed by atoms with E-state index in [4.69, 9.17) is 16.3 Å². The number of benzene rings is 2. The molecule has 0 spiro atoms. The Kier molecular flexibility index (Phi) is 5.54. The Bertz CT molecular complexity index is 700. The molecule has 2 amide bonds. The highest BCUT2D eigenvalue weighted by Crippen LogP contribution is 2.18. The van der Waals surface area contributed by atoms with Gasteiger partial charge >= 0.3 is 0 Å². The number of methoxy groups -OCH3 is 1. The third-order valence-electron chi connectivity index (χ3n) is 2.97. The van der Waals surface area contributed by atoms with Crippen LogP contribution in [0.2, 0.25) is 5.02 Å². The Hall–Kier alpha value is -2.60. The van der Waals surface area contributed by atoms with Crippen LogP contribution >= 0.6 is 11.6 Å². The normalized spacial score (nSPS) is 10.0. The predicted molar refractivity (Wildman–Crippen MR) is 85.4 cm³/mol. The summed E-state index contributed by atoms with van der Waals surface area (Å²) in [6.07, 6.45) is 0. The van der Waals surface area contributed by atoms with E-state index in [1.807, 2.05) is 0 Å². The number of nitrogens with one attached hydrogen (secondary N) is 2. The van der Waals surface area contributed by atoms with Crippen molar-refractivity contribution in [3.8, 4) is 5.75 Å². The van der Waals surface area contributed by atoms with Crippen molar-refractivity contribution in [2.75, 3.05) is 19.0 Å². The van der Waals surface area contributed by atoms with Crippen LogP contribution in [-0.4, -0.2) is 25.5 Å². The smallest absolute Gasteiger partial charge is 0.256 e. The van der Waals surface area contributed by atoms with Gasteiger partial charge in [-0.1, -0.05) is 17.7 Å². The quantitative estimate of drug-likeness (QED) is 0.882. The number of hydrogen-bond acceptors (Lipinski definition) is 3. The monoisotopic (exact) mass is 336 g/mol. The van der Waals surface area contributed by atoms with Crippen molar-refractivity contribution in [3.63, 3.8) is 0 Å². The number of carbonyl (C=O) groups is 2. The zero-order valence-corrected chi connectivity index (χ0v) is 13.0. The second kappa shape index (κ2) is 7.60. The highest BCUT2D eigenvalue weighted by Gasteiger charge is 2.16. The summed E-state index contributed by atoms with van der Waals surface area (Å²) in [7, 11) is 1.54. The minimum Gasteiger partial charge on any atom is -0.497 e. The van der Waals surface area contributed by atoms with Gasteiger partial charge in [-0.25, -0.2) is 4.39 Å². The van der Waals surface area contributed by atoms with Crippen LogP contribution in [0.5, 0.6) is 5.75 Å². The van der Waals surface area contributed by atoms with Crippen LogP contribution < -0.4 is 15.4 Å². The van der Waals surface area contributed by atoms with E-state index in [2.05, 4.69) is 10.6 Å². The summed E-state index contributed by atoms with van der Waals surface area (Å²) in [4.78, 5) is 23.7. The standard InChI is InChI=1S/C16H14ClFN2O3/c1-23-11-7-5-10(6-8-11)20-14(21)9-19-16(22)15-12(17)3-2-4-13(15)18/h2-8H,9H2,1H3,(H,19,22)(H,20,21). The zero-order valence-electron chi connectivity index (χ0n) is 12.2. The zero-order chi connectivity index (χ0) is 16.8. The molecule has 120 valence electrons. The van der Waals surface area contributed by atoms with Gasteiger partial charge in [-0.2, -0.15) is 0 Å². The molecule has 7 heteroatoms. The summed E-state index contributed by atoms with van der Waals surface area (Å²) in [5.74, 6) is -1.29. The molecule has 0 bridgehead atoms. The lowest BCUT2D eigenvalue weighted by Gasteiger charge is -2.09. The fraction of sp³-hybridized carbons (Fsp3) is 0.125. The molecule has 0 fully saturated rings. The first kappa shape index (κ1) is 16.8. The molecule has 5 nitrogen and oxygen atoms in total. The van der Waals surface area contributed by atoms with Crippen LogP contribution in [0.1, 0.15) is 10.4 Å². The maximum absolute atomic E-state index is 13.6. The molecular weight excluding hydrogens is 323 g/mol. The first-order valence-corrected chi connectivity index (χ1v) is 7.05.